The first-order valence-corrected chi connectivity index (χ1v) is 7.73. The summed E-state index contributed by atoms with van der Waals surface area (Å²) in [6.07, 6.45) is -0.261. The summed E-state index contributed by atoms with van der Waals surface area (Å²) >= 11 is 0. The zero-order chi connectivity index (χ0) is 16.9. The Balaban J connectivity index is 1.68. The molecule has 1 atom stereocenters. The summed E-state index contributed by atoms with van der Waals surface area (Å²) in [5, 5.41) is 2.86. The van der Waals surface area contributed by atoms with Gasteiger partial charge in [0.05, 0.1) is 25.9 Å². The van der Waals surface area contributed by atoms with Crippen LogP contribution in [-0.4, -0.2) is 37.7 Å². The van der Waals surface area contributed by atoms with Crippen molar-refractivity contribution in [3.8, 4) is 5.75 Å². The van der Waals surface area contributed by atoms with Crippen LogP contribution in [0.2, 0.25) is 0 Å². The Kier molecular flexibility index (Phi) is 4.96. The van der Waals surface area contributed by atoms with Crippen molar-refractivity contribution >= 4 is 11.7 Å². The van der Waals surface area contributed by atoms with Gasteiger partial charge in [0.2, 0.25) is 0 Å². The van der Waals surface area contributed by atoms with Gasteiger partial charge in [-0.15, -0.1) is 0 Å². The highest BCUT2D eigenvalue weighted by atomic mass is 19.1. The van der Waals surface area contributed by atoms with Crippen molar-refractivity contribution in [2.75, 3.05) is 32.1 Å². The molecule has 0 radical (unpaired) electrons. The van der Waals surface area contributed by atoms with Gasteiger partial charge in [-0.05, 0) is 29.8 Å². The maximum absolute atomic E-state index is 13.0. The fourth-order valence-electron chi connectivity index (χ4n) is 2.66. The third kappa shape index (κ3) is 3.65. The minimum atomic E-state index is -0.291. The number of anilines is 1. The first-order valence-electron chi connectivity index (χ1n) is 7.73. The zero-order valence-electron chi connectivity index (χ0n) is 13.4. The van der Waals surface area contributed by atoms with Crippen molar-refractivity contribution < 1.29 is 18.7 Å². The molecule has 6 heteroatoms. The summed E-state index contributed by atoms with van der Waals surface area (Å²) < 4.78 is 24.0. The Morgan fingerprint density at radius 1 is 1.25 bits per heavy atom. The number of hydrogen-bond acceptors (Lipinski definition) is 3. The highest BCUT2D eigenvalue weighted by Crippen LogP contribution is 2.26. The second-order valence-corrected chi connectivity index (χ2v) is 5.49. The lowest BCUT2D eigenvalue weighted by Gasteiger charge is -2.33. The van der Waals surface area contributed by atoms with E-state index in [1.165, 1.54) is 12.1 Å². The van der Waals surface area contributed by atoms with Crippen molar-refractivity contribution in [2.24, 2.45) is 0 Å². The molecule has 0 aliphatic carbocycles. The van der Waals surface area contributed by atoms with Gasteiger partial charge in [0.15, 0.2) is 0 Å². The van der Waals surface area contributed by atoms with E-state index in [0.29, 0.717) is 31.1 Å². The van der Waals surface area contributed by atoms with Gasteiger partial charge >= 0.3 is 6.03 Å². The molecule has 2 aromatic carbocycles. The van der Waals surface area contributed by atoms with Gasteiger partial charge in [0, 0.05) is 6.54 Å². The van der Waals surface area contributed by atoms with Gasteiger partial charge in [-0.1, -0.05) is 24.3 Å². The molecule has 2 amide bonds. The van der Waals surface area contributed by atoms with Crippen LogP contribution in [-0.2, 0) is 4.74 Å². The Bertz CT molecular complexity index is 706. The van der Waals surface area contributed by atoms with E-state index in [9.17, 15) is 9.18 Å². The molecule has 0 saturated carbocycles. The monoisotopic (exact) mass is 330 g/mol. The van der Waals surface area contributed by atoms with E-state index in [1.807, 2.05) is 12.1 Å². The van der Waals surface area contributed by atoms with Crippen LogP contribution in [0.4, 0.5) is 14.9 Å². The number of carbonyl (C=O) groups is 1. The molecule has 0 bridgehead atoms. The van der Waals surface area contributed by atoms with E-state index in [4.69, 9.17) is 9.47 Å². The molecule has 3 rings (SSSR count). The maximum atomic E-state index is 13.0. The Hall–Kier alpha value is -2.60. The standard InChI is InChI=1S/C18H19FN2O3/c1-23-16-5-3-2-4-15(16)20-18(22)21-10-11-24-17(12-21)13-6-8-14(19)9-7-13/h2-9,17H,10-12H2,1H3,(H,20,22). The quantitative estimate of drug-likeness (QED) is 0.938. The molecular formula is C18H19FN2O3. The fourth-order valence-corrected chi connectivity index (χ4v) is 2.66. The number of nitrogens with zero attached hydrogens (tertiary/aromatic N) is 1. The summed E-state index contributed by atoms with van der Waals surface area (Å²) in [5.74, 6) is 0.314. The lowest BCUT2D eigenvalue weighted by molar-refractivity contribution is -0.0135. The van der Waals surface area contributed by atoms with Crippen LogP contribution in [0.5, 0.6) is 5.75 Å². The fraction of sp³-hybridized carbons (Fsp3) is 0.278. The zero-order valence-corrected chi connectivity index (χ0v) is 13.4. The molecule has 1 aliphatic rings. The third-order valence-corrected chi connectivity index (χ3v) is 3.94. The maximum Gasteiger partial charge on any atom is 0.322 e. The van der Waals surface area contributed by atoms with Gasteiger partial charge in [-0.3, -0.25) is 0 Å². The van der Waals surface area contributed by atoms with Gasteiger partial charge in [-0.25, -0.2) is 9.18 Å². The highest BCUT2D eigenvalue weighted by molar-refractivity contribution is 5.91. The summed E-state index contributed by atoms with van der Waals surface area (Å²) in [6.45, 7) is 1.34. The van der Waals surface area contributed by atoms with Crippen LogP contribution < -0.4 is 10.1 Å². The predicted octanol–water partition coefficient (Wildman–Crippen LogP) is 3.44. The first-order chi connectivity index (χ1) is 11.7. The molecular weight excluding hydrogens is 311 g/mol. The third-order valence-electron chi connectivity index (χ3n) is 3.94. The highest BCUT2D eigenvalue weighted by Gasteiger charge is 2.25. The van der Waals surface area contributed by atoms with Gasteiger partial charge in [0.1, 0.15) is 17.7 Å². The molecule has 5 nitrogen and oxygen atoms in total. The second kappa shape index (κ2) is 7.31. The second-order valence-electron chi connectivity index (χ2n) is 5.49. The van der Waals surface area contributed by atoms with Gasteiger partial charge < -0.3 is 19.7 Å². The van der Waals surface area contributed by atoms with Crippen LogP contribution in [0.3, 0.4) is 0 Å². The number of amides is 2. The number of para-hydroxylation sites is 2. The van der Waals surface area contributed by atoms with Crippen molar-refractivity contribution in [3.63, 3.8) is 0 Å². The Morgan fingerprint density at radius 2 is 2.00 bits per heavy atom. The number of benzene rings is 2. The number of halogens is 1. The number of carbonyl (C=O) groups excluding carboxylic acids is 1. The molecule has 2 aromatic rings. The molecule has 0 spiro atoms. The van der Waals surface area contributed by atoms with Crippen LogP contribution in [0.25, 0.3) is 0 Å². The minimum Gasteiger partial charge on any atom is -0.495 e. The molecule has 1 saturated heterocycles. The molecule has 1 aliphatic heterocycles. The topological polar surface area (TPSA) is 50.8 Å². The predicted molar refractivity (Wildman–Crippen MR) is 88.7 cm³/mol. The number of ether oxygens (including phenoxy) is 2. The smallest absolute Gasteiger partial charge is 0.322 e. The number of nitrogens with one attached hydrogen (secondary N) is 1. The normalized spacial score (nSPS) is 17.4. The van der Waals surface area contributed by atoms with Crippen molar-refractivity contribution in [2.45, 2.75) is 6.10 Å². The number of methoxy groups -OCH3 is 1. The number of urea groups is 1. The van der Waals surface area contributed by atoms with Crippen LogP contribution in [0, 0.1) is 5.82 Å². The van der Waals surface area contributed by atoms with Crippen LogP contribution in [0.15, 0.2) is 48.5 Å². The average molecular weight is 330 g/mol. The summed E-state index contributed by atoms with van der Waals surface area (Å²) in [6, 6.07) is 13.2. The SMILES string of the molecule is COc1ccccc1NC(=O)N1CCOC(c2ccc(F)cc2)C1. The largest absolute Gasteiger partial charge is 0.495 e. The van der Waals surface area contributed by atoms with E-state index in [1.54, 1.807) is 36.3 Å². The summed E-state index contributed by atoms with van der Waals surface area (Å²) in [4.78, 5) is 14.2. The van der Waals surface area contributed by atoms with E-state index in [-0.39, 0.29) is 18.0 Å². The Labute approximate surface area is 140 Å². The molecule has 1 N–H and O–H groups in total. The van der Waals surface area contributed by atoms with Gasteiger partial charge in [0.25, 0.3) is 0 Å². The van der Waals surface area contributed by atoms with E-state index < -0.39 is 0 Å². The van der Waals surface area contributed by atoms with E-state index in [2.05, 4.69) is 5.32 Å². The lowest BCUT2D eigenvalue weighted by atomic mass is 10.1. The van der Waals surface area contributed by atoms with Gasteiger partial charge in [-0.2, -0.15) is 0 Å². The first kappa shape index (κ1) is 16.3. The number of rotatable bonds is 3. The average Bonchev–Trinajstić information content (AvgIpc) is 2.63. The van der Waals surface area contributed by atoms with Crippen molar-refractivity contribution in [1.82, 2.24) is 4.90 Å². The molecule has 1 fully saturated rings. The molecule has 1 unspecified atom stereocenters. The number of hydrogen-bond donors (Lipinski definition) is 1. The van der Waals surface area contributed by atoms with Crippen LogP contribution >= 0.6 is 0 Å². The lowest BCUT2D eigenvalue weighted by Crippen LogP contribution is -2.44. The summed E-state index contributed by atoms with van der Waals surface area (Å²) in [7, 11) is 1.56. The minimum absolute atomic E-state index is 0.213. The Morgan fingerprint density at radius 3 is 2.75 bits per heavy atom. The number of morpholine rings is 1. The molecule has 126 valence electrons. The summed E-state index contributed by atoms with van der Waals surface area (Å²) in [5.41, 5.74) is 1.47. The molecule has 24 heavy (non-hydrogen) atoms. The molecule has 1 heterocycles. The van der Waals surface area contributed by atoms with Crippen molar-refractivity contribution in [3.05, 3.63) is 59.9 Å². The molecule has 0 aromatic heterocycles. The van der Waals surface area contributed by atoms with E-state index >= 15 is 0 Å². The van der Waals surface area contributed by atoms with Crippen molar-refractivity contribution in [1.29, 1.82) is 0 Å². The van der Waals surface area contributed by atoms with E-state index in [0.717, 1.165) is 5.56 Å². The van der Waals surface area contributed by atoms with Crippen LogP contribution in [0.1, 0.15) is 11.7 Å².